The quantitative estimate of drug-likeness (QED) is 0.631. The summed E-state index contributed by atoms with van der Waals surface area (Å²) in [7, 11) is -0.0429. The smallest absolute Gasteiger partial charge is 0.348 e. The van der Waals surface area contributed by atoms with Gasteiger partial charge >= 0.3 is 9.28 Å². The Bertz CT molecular complexity index is 459. The highest BCUT2D eigenvalue weighted by Crippen LogP contribution is 2.03. The van der Waals surface area contributed by atoms with E-state index in [2.05, 4.69) is 48.5 Å². The first-order chi connectivity index (χ1) is 10.9. The molecule has 3 nitrogen and oxygen atoms in total. The van der Waals surface area contributed by atoms with Crippen LogP contribution in [0.25, 0.3) is 0 Å². The van der Waals surface area contributed by atoms with Crippen molar-refractivity contribution in [1.29, 1.82) is 0 Å². The summed E-state index contributed by atoms with van der Waals surface area (Å²) in [5.74, 6) is 0. The van der Waals surface area contributed by atoms with Gasteiger partial charge in [0.2, 0.25) is 0 Å². The van der Waals surface area contributed by atoms with E-state index in [-0.39, 0.29) is 0 Å². The molecule has 4 heteroatoms. The molecular weight excluding hydrogens is 292 g/mol. The van der Waals surface area contributed by atoms with Gasteiger partial charge < -0.3 is 13.6 Å². The summed E-state index contributed by atoms with van der Waals surface area (Å²) < 4.78 is 17.1. The van der Waals surface area contributed by atoms with Crippen molar-refractivity contribution < 1.29 is 13.6 Å². The van der Waals surface area contributed by atoms with Crippen LogP contribution in [0.1, 0.15) is 11.1 Å². The minimum atomic E-state index is -1.74. The first-order valence-electron chi connectivity index (χ1n) is 7.68. The zero-order chi connectivity index (χ0) is 15.5. The Balaban J connectivity index is 1.68. The molecule has 0 aliphatic rings. The second-order valence-electron chi connectivity index (χ2n) is 5.10. The third kappa shape index (κ3) is 6.53. The molecule has 2 aromatic carbocycles. The number of benzene rings is 2. The lowest BCUT2D eigenvalue weighted by Crippen LogP contribution is -2.30. The molecule has 2 rings (SSSR count). The van der Waals surface area contributed by atoms with E-state index in [0.717, 1.165) is 12.8 Å². The normalized spacial score (nSPS) is 11.0. The van der Waals surface area contributed by atoms with E-state index in [9.17, 15) is 0 Å². The molecule has 0 aliphatic carbocycles. The Morgan fingerprint density at radius 3 is 1.59 bits per heavy atom. The first-order valence-corrected chi connectivity index (χ1v) is 9.44. The summed E-state index contributed by atoms with van der Waals surface area (Å²) in [4.78, 5) is 0. The third-order valence-corrected chi connectivity index (χ3v) is 5.20. The fourth-order valence-electron chi connectivity index (χ4n) is 2.19. The molecular formula is C18H24O3Si. The van der Waals surface area contributed by atoms with Crippen LogP contribution >= 0.6 is 0 Å². The molecule has 0 saturated carbocycles. The number of hydrogen-bond acceptors (Lipinski definition) is 3. The number of rotatable bonds is 10. The average Bonchev–Trinajstić information content (AvgIpc) is 2.57. The maximum absolute atomic E-state index is 5.92. The van der Waals surface area contributed by atoms with Crippen LogP contribution in [0.4, 0.5) is 0 Å². The summed E-state index contributed by atoms with van der Waals surface area (Å²) in [6, 6.07) is 20.7. The van der Waals surface area contributed by atoms with E-state index in [1.54, 1.807) is 7.11 Å². The Morgan fingerprint density at radius 2 is 1.18 bits per heavy atom. The van der Waals surface area contributed by atoms with Gasteiger partial charge in [-0.3, -0.25) is 0 Å². The minimum absolute atomic E-state index is 0.587. The molecule has 0 saturated heterocycles. The summed E-state index contributed by atoms with van der Waals surface area (Å²) in [5, 5.41) is 0. The molecule has 0 bridgehead atoms. The van der Waals surface area contributed by atoms with E-state index >= 15 is 0 Å². The Hall–Kier alpha value is -1.46. The van der Waals surface area contributed by atoms with Gasteiger partial charge in [0, 0.05) is 20.3 Å². The standard InChI is InChI=1S/C18H24O3Si/c1-19-16-22(20-14-12-17-8-4-2-5-9-17)21-15-13-18-10-6-3-7-11-18/h2-11,22H,12-16H2,1H3. The molecule has 0 radical (unpaired) electrons. The van der Waals surface area contributed by atoms with Gasteiger partial charge in [0.05, 0.1) is 6.23 Å². The molecule has 0 N–H and O–H groups in total. The van der Waals surface area contributed by atoms with Crippen LogP contribution in [0.15, 0.2) is 60.7 Å². The van der Waals surface area contributed by atoms with Gasteiger partial charge in [0.15, 0.2) is 0 Å². The van der Waals surface area contributed by atoms with E-state index in [1.807, 2.05) is 12.1 Å². The van der Waals surface area contributed by atoms with Gasteiger partial charge in [-0.25, -0.2) is 0 Å². The molecule has 22 heavy (non-hydrogen) atoms. The lowest BCUT2D eigenvalue weighted by atomic mass is 10.2. The molecule has 0 unspecified atom stereocenters. The van der Waals surface area contributed by atoms with Gasteiger partial charge in [0.1, 0.15) is 0 Å². The summed E-state index contributed by atoms with van der Waals surface area (Å²) in [6.45, 7) is 1.38. The van der Waals surface area contributed by atoms with Crippen LogP contribution in [-0.2, 0) is 26.4 Å². The fraction of sp³-hybridized carbons (Fsp3) is 0.333. The summed E-state index contributed by atoms with van der Waals surface area (Å²) >= 11 is 0. The van der Waals surface area contributed by atoms with Crippen molar-refractivity contribution in [2.45, 2.75) is 12.8 Å². The van der Waals surface area contributed by atoms with Crippen molar-refractivity contribution in [2.75, 3.05) is 26.6 Å². The monoisotopic (exact) mass is 316 g/mol. The van der Waals surface area contributed by atoms with Crippen molar-refractivity contribution in [3.05, 3.63) is 71.8 Å². The molecule has 0 aromatic heterocycles. The maximum atomic E-state index is 5.92. The Kier molecular flexibility index (Phi) is 7.91. The van der Waals surface area contributed by atoms with E-state index in [1.165, 1.54) is 11.1 Å². The number of ether oxygens (including phenoxy) is 1. The predicted molar refractivity (Wildman–Crippen MR) is 91.2 cm³/mol. The van der Waals surface area contributed by atoms with Gasteiger partial charge in [-0.1, -0.05) is 60.7 Å². The second-order valence-corrected chi connectivity index (χ2v) is 6.96. The second kappa shape index (κ2) is 10.3. The van der Waals surface area contributed by atoms with Crippen LogP contribution in [0.3, 0.4) is 0 Å². The highest BCUT2D eigenvalue weighted by molar-refractivity contribution is 6.44. The highest BCUT2D eigenvalue weighted by Gasteiger charge is 2.13. The first kappa shape index (κ1) is 16.9. The van der Waals surface area contributed by atoms with Crippen molar-refractivity contribution in [2.24, 2.45) is 0 Å². The molecule has 0 spiro atoms. The predicted octanol–water partition coefficient (Wildman–Crippen LogP) is 2.91. The van der Waals surface area contributed by atoms with Crippen LogP contribution in [0.5, 0.6) is 0 Å². The maximum Gasteiger partial charge on any atom is 0.348 e. The minimum Gasteiger partial charge on any atom is -0.395 e. The van der Waals surface area contributed by atoms with Gasteiger partial charge in [-0.15, -0.1) is 0 Å². The van der Waals surface area contributed by atoms with Crippen molar-refractivity contribution in [1.82, 2.24) is 0 Å². The van der Waals surface area contributed by atoms with E-state index in [0.29, 0.717) is 19.4 Å². The molecule has 2 aromatic rings. The summed E-state index contributed by atoms with van der Waals surface area (Å²) in [5.41, 5.74) is 2.58. The zero-order valence-corrected chi connectivity index (χ0v) is 14.3. The van der Waals surface area contributed by atoms with Crippen LogP contribution in [-0.4, -0.2) is 35.8 Å². The van der Waals surface area contributed by atoms with Crippen LogP contribution in [0, 0.1) is 0 Å². The lowest BCUT2D eigenvalue weighted by Gasteiger charge is -2.16. The highest BCUT2D eigenvalue weighted by atomic mass is 28.3. The van der Waals surface area contributed by atoms with Gasteiger partial charge in [0.25, 0.3) is 0 Å². The molecule has 0 atom stereocenters. The number of methoxy groups -OCH3 is 1. The Morgan fingerprint density at radius 1 is 0.727 bits per heavy atom. The molecule has 0 fully saturated rings. The molecule has 0 aliphatic heterocycles. The summed E-state index contributed by atoms with van der Waals surface area (Å²) in [6.07, 6.45) is 2.41. The molecule has 0 heterocycles. The van der Waals surface area contributed by atoms with E-state index < -0.39 is 9.28 Å². The topological polar surface area (TPSA) is 27.7 Å². The van der Waals surface area contributed by atoms with E-state index in [4.69, 9.17) is 13.6 Å². The van der Waals surface area contributed by atoms with Crippen molar-refractivity contribution in [3.63, 3.8) is 0 Å². The van der Waals surface area contributed by atoms with Crippen LogP contribution in [0.2, 0.25) is 0 Å². The largest absolute Gasteiger partial charge is 0.395 e. The van der Waals surface area contributed by atoms with Crippen molar-refractivity contribution >= 4 is 9.28 Å². The van der Waals surface area contributed by atoms with Gasteiger partial charge in [-0.2, -0.15) is 0 Å². The van der Waals surface area contributed by atoms with Gasteiger partial charge in [-0.05, 0) is 24.0 Å². The average molecular weight is 316 g/mol. The Labute approximate surface area is 134 Å². The third-order valence-electron chi connectivity index (χ3n) is 3.38. The lowest BCUT2D eigenvalue weighted by molar-refractivity contribution is 0.150. The SMILES string of the molecule is COC[SiH](OCCc1ccccc1)OCCc1ccccc1. The van der Waals surface area contributed by atoms with Crippen molar-refractivity contribution in [3.8, 4) is 0 Å². The van der Waals surface area contributed by atoms with Crippen LogP contribution < -0.4 is 0 Å². The zero-order valence-electron chi connectivity index (χ0n) is 13.1. The number of hydrogen-bond donors (Lipinski definition) is 0. The molecule has 0 amide bonds. The fourth-order valence-corrected chi connectivity index (χ4v) is 3.51. The molecule has 118 valence electrons.